The Morgan fingerprint density at radius 1 is 1.12 bits per heavy atom. The SMILES string of the molecule is Cc1ccc2nc(NC(=O)Nc3ccccc3N3CC4(CCN(CC(C)C)CC4)c4c(Cl)ccc(O)c43)sc2c1. The van der Waals surface area contributed by atoms with Crippen molar-refractivity contribution in [2.45, 2.75) is 39.0 Å². The number of thiazole rings is 1. The maximum absolute atomic E-state index is 13.1. The summed E-state index contributed by atoms with van der Waals surface area (Å²) in [6, 6.07) is 16.9. The van der Waals surface area contributed by atoms with Crippen molar-refractivity contribution < 1.29 is 9.90 Å². The van der Waals surface area contributed by atoms with Crippen molar-refractivity contribution in [2.24, 2.45) is 5.92 Å². The number of hydrogen-bond donors (Lipinski definition) is 3. The summed E-state index contributed by atoms with van der Waals surface area (Å²) in [5.74, 6) is 0.815. The number of aryl methyl sites for hydroxylation is 1. The third-order valence-corrected chi connectivity index (χ3v) is 9.26. The quantitative estimate of drug-likeness (QED) is 0.227. The van der Waals surface area contributed by atoms with Crippen molar-refractivity contribution in [1.82, 2.24) is 9.88 Å². The van der Waals surface area contributed by atoms with Crippen LogP contribution >= 0.6 is 22.9 Å². The van der Waals surface area contributed by atoms with Crippen LogP contribution in [0.15, 0.2) is 54.6 Å². The number of piperidine rings is 1. The molecule has 1 aromatic heterocycles. The molecule has 6 rings (SSSR count). The Hall–Kier alpha value is -3.33. The van der Waals surface area contributed by atoms with Gasteiger partial charge in [-0.3, -0.25) is 5.32 Å². The standard InChI is InChI=1S/C31H34ClN5O2S/c1-19(2)17-36-14-12-31(13-15-36)18-37(28-25(38)11-9-21(32)27(28)31)24-7-5-4-6-22(24)33-29(39)35-30-34-23-10-8-20(3)16-26(23)40-30/h4-11,16,19,38H,12-15,17-18H2,1-3H3,(H2,33,34,35,39). The topological polar surface area (TPSA) is 80.7 Å². The smallest absolute Gasteiger partial charge is 0.325 e. The lowest BCUT2D eigenvalue weighted by atomic mass is 9.74. The highest BCUT2D eigenvalue weighted by molar-refractivity contribution is 7.22. The van der Waals surface area contributed by atoms with Gasteiger partial charge in [0.05, 0.1) is 27.3 Å². The number of phenols is 1. The van der Waals surface area contributed by atoms with Crippen LogP contribution in [0.3, 0.4) is 0 Å². The average Bonchev–Trinajstić information content (AvgIpc) is 3.46. The maximum Gasteiger partial charge on any atom is 0.325 e. The van der Waals surface area contributed by atoms with Crippen molar-refractivity contribution in [2.75, 3.05) is 41.7 Å². The minimum absolute atomic E-state index is 0.173. The lowest BCUT2D eigenvalue weighted by Crippen LogP contribution is -2.45. The summed E-state index contributed by atoms with van der Waals surface area (Å²) in [4.78, 5) is 22.3. The zero-order valence-electron chi connectivity index (χ0n) is 23.0. The van der Waals surface area contributed by atoms with Crippen molar-refractivity contribution in [3.63, 3.8) is 0 Å². The largest absolute Gasteiger partial charge is 0.506 e. The fourth-order valence-electron chi connectivity index (χ4n) is 6.24. The summed E-state index contributed by atoms with van der Waals surface area (Å²) in [5, 5.41) is 18.3. The van der Waals surface area contributed by atoms with E-state index in [1.165, 1.54) is 11.3 Å². The Balaban J connectivity index is 1.28. The Labute approximate surface area is 243 Å². The first-order valence-electron chi connectivity index (χ1n) is 13.8. The molecular weight excluding hydrogens is 542 g/mol. The van der Waals surface area contributed by atoms with Gasteiger partial charge in [-0.15, -0.1) is 0 Å². The first-order chi connectivity index (χ1) is 19.2. The second-order valence-corrected chi connectivity index (χ2v) is 12.9. The van der Waals surface area contributed by atoms with E-state index in [4.69, 9.17) is 11.6 Å². The van der Waals surface area contributed by atoms with Gasteiger partial charge in [0.25, 0.3) is 0 Å². The number of nitrogens with one attached hydrogen (secondary N) is 2. The van der Waals surface area contributed by atoms with Crippen molar-refractivity contribution in [1.29, 1.82) is 0 Å². The molecule has 4 aromatic rings. The van der Waals surface area contributed by atoms with Crippen LogP contribution in [0.25, 0.3) is 10.2 Å². The minimum Gasteiger partial charge on any atom is -0.506 e. The molecule has 0 bridgehead atoms. The molecule has 0 atom stereocenters. The van der Waals surface area contributed by atoms with Gasteiger partial charge in [0.15, 0.2) is 5.13 Å². The van der Waals surface area contributed by atoms with Crippen LogP contribution in [0.5, 0.6) is 5.75 Å². The molecule has 2 amide bonds. The molecule has 9 heteroatoms. The molecule has 40 heavy (non-hydrogen) atoms. The normalized spacial score (nSPS) is 16.6. The number of amides is 2. The van der Waals surface area contributed by atoms with E-state index >= 15 is 0 Å². The third-order valence-electron chi connectivity index (χ3n) is 8.01. The Morgan fingerprint density at radius 3 is 2.67 bits per heavy atom. The van der Waals surface area contributed by atoms with Gasteiger partial charge in [-0.05, 0) is 80.7 Å². The number of likely N-dealkylation sites (tertiary alicyclic amines) is 1. The number of fused-ring (bicyclic) bond motifs is 3. The monoisotopic (exact) mass is 575 g/mol. The van der Waals surface area contributed by atoms with Gasteiger partial charge in [-0.25, -0.2) is 9.78 Å². The molecule has 3 N–H and O–H groups in total. The molecule has 208 valence electrons. The number of phenolic OH excluding ortho intramolecular Hbond substituents is 1. The van der Waals surface area contributed by atoms with Gasteiger partial charge in [0.2, 0.25) is 0 Å². The third kappa shape index (κ3) is 5.00. The van der Waals surface area contributed by atoms with Crippen molar-refractivity contribution >= 4 is 61.4 Å². The second kappa shape index (κ2) is 10.6. The van der Waals surface area contributed by atoms with E-state index in [1.54, 1.807) is 12.1 Å². The average molecular weight is 576 g/mol. The predicted molar refractivity (Wildman–Crippen MR) is 166 cm³/mol. The lowest BCUT2D eigenvalue weighted by molar-refractivity contribution is 0.153. The molecular formula is C31H34ClN5O2S. The molecule has 2 aliphatic heterocycles. The number of para-hydroxylation sites is 2. The van der Waals surface area contributed by atoms with E-state index in [0.717, 1.165) is 65.2 Å². The lowest BCUT2D eigenvalue weighted by Gasteiger charge is -2.41. The summed E-state index contributed by atoms with van der Waals surface area (Å²) >= 11 is 8.31. The number of urea groups is 1. The summed E-state index contributed by atoms with van der Waals surface area (Å²) in [6.45, 7) is 10.3. The van der Waals surface area contributed by atoms with Crippen molar-refractivity contribution in [3.05, 3.63) is 70.7 Å². The molecule has 1 spiro atoms. The number of benzene rings is 3. The number of carbonyl (C=O) groups is 1. The van der Waals surface area contributed by atoms with Crippen LogP contribution < -0.4 is 15.5 Å². The number of aromatic hydroxyl groups is 1. The first-order valence-corrected chi connectivity index (χ1v) is 15.0. The van der Waals surface area contributed by atoms with E-state index in [9.17, 15) is 9.90 Å². The van der Waals surface area contributed by atoms with Gasteiger partial charge in [0, 0.05) is 29.1 Å². The molecule has 1 fully saturated rings. The molecule has 0 saturated carbocycles. The number of anilines is 4. The zero-order chi connectivity index (χ0) is 28.0. The fourth-order valence-corrected chi connectivity index (χ4v) is 7.55. The highest BCUT2D eigenvalue weighted by atomic mass is 35.5. The van der Waals surface area contributed by atoms with Gasteiger partial charge in [-0.2, -0.15) is 0 Å². The summed E-state index contributed by atoms with van der Waals surface area (Å²) in [6.07, 6.45) is 1.92. The van der Waals surface area contributed by atoms with E-state index in [0.29, 0.717) is 28.3 Å². The van der Waals surface area contributed by atoms with Gasteiger partial charge in [-0.1, -0.05) is 55.0 Å². The Kier molecular flexibility index (Phi) is 7.10. The summed E-state index contributed by atoms with van der Waals surface area (Å²) < 4.78 is 1.03. The van der Waals surface area contributed by atoms with Gasteiger partial charge < -0.3 is 20.2 Å². The predicted octanol–water partition coefficient (Wildman–Crippen LogP) is 7.75. The number of rotatable bonds is 5. The molecule has 3 heterocycles. The number of halogens is 1. The molecule has 0 unspecified atom stereocenters. The molecule has 7 nitrogen and oxygen atoms in total. The number of carbonyl (C=O) groups excluding carboxylic acids is 1. The zero-order valence-corrected chi connectivity index (χ0v) is 24.6. The first kappa shape index (κ1) is 26.9. The molecule has 1 saturated heterocycles. The maximum atomic E-state index is 13.1. The molecule has 2 aliphatic rings. The second-order valence-electron chi connectivity index (χ2n) is 11.4. The fraction of sp³-hybridized carbons (Fsp3) is 0.355. The highest BCUT2D eigenvalue weighted by Gasteiger charge is 2.48. The van der Waals surface area contributed by atoms with Gasteiger partial charge in [0.1, 0.15) is 5.75 Å². The molecule has 0 radical (unpaired) electrons. The van der Waals surface area contributed by atoms with E-state index in [-0.39, 0.29) is 17.2 Å². The Morgan fingerprint density at radius 2 is 1.90 bits per heavy atom. The van der Waals surface area contributed by atoms with Crippen LogP contribution in [0.4, 0.5) is 27.0 Å². The van der Waals surface area contributed by atoms with Crippen LogP contribution in [0, 0.1) is 12.8 Å². The van der Waals surface area contributed by atoms with Crippen molar-refractivity contribution in [3.8, 4) is 5.75 Å². The number of aromatic nitrogens is 1. The minimum atomic E-state index is -0.366. The summed E-state index contributed by atoms with van der Waals surface area (Å²) in [7, 11) is 0. The highest BCUT2D eigenvalue weighted by Crippen LogP contribution is 2.56. The Bertz CT molecular complexity index is 1580. The summed E-state index contributed by atoms with van der Waals surface area (Å²) in [5.41, 5.74) is 5.06. The van der Waals surface area contributed by atoms with Crippen LogP contribution in [-0.2, 0) is 5.41 Å². The van der Waals surface area contributed by atoms with Crippen LogP contribution in [0.2, 0.25) is 5.02 Å². The van der Waals surface area contributed by atoms with Crippen LogP contribution in [-0.4, -0.2) is 47.2 Å². The number of nitrogens with zero attached hydrogens (tertiary/aromatic N) is 3. The molecule has 0 aliphatic carbocycles. The van der Waals surface area contributed by atoms with E-state index in [2.05, 4.69) is 45.3 Å². The van der Waals surface area contributed by atoms with E-state index in [1.807, 2.05) is 43.3 Å². The van der Waals surface area contributed by atoms with E-state index < -0.39 is 0 Å². The molecule has 3 aromatic carbocycles. The van der Waals surface area contributed by atoms with Crippen LogP contribution in [0.1, 0.15) is 37.8 Å². The number of hydrogen-bond acceptors (Lipinski definition) is 6. The van der Waals surface area contributed by atoms with Gasteiger partial charge >= 0.3 is 6.03 Å².